The van der Waals surface area contributed by atoms with Crippen LogP contribution in [-0.4, -0.2) is 55.2 Å². The number of nitrogens with one attached hydrogen (secondary N) is 1. The van der Waals surface area contributed by atoms with Crippen LogP contribution in [-0.2, 0) is 6.54 Å². The molecule has 1 aliphatic rings. The van der Waals surface area contributed by atoms with Gasteiger partial charge in [-0.25, -0.2) is 9.50 Å². The summed E-state index contributed by atoms with van der Waals surface area (Å²) in [4.78, 5) is 23.5. The molecule has 3 aromatic heterocycles. The van der Waals surface area contributed by atoms with Crippen molar-refractivity contribution in [3.63, 3.8) is 0 Å². The van der Waals surface area contributed by atoms with Crippen molar-refractivity contribution in [2.75, 3.05) is 19.6 Å². The minimum absolute atomic E-state index is 0.132. The van der Waals surface area contributed by atoms with Crippen molar-refractivity contribution in [2.24, 2.45) is 5.92 Å². The van der Waals surface area contributed by atoms with Crippen molar-refractivity contribution in [1.82, 2.24) is 35.0 Å². The van der Waals surface area contributed by atoms with Crippen LogP contribution in [0.15, 0.2) is 23.1 Å². The van der Waals surface area contributed by atoms with Crippen LogP contribution in [0.25, 0.3) is 5.65 Å². The first-order chi connectivity index (χ1) is 13.1. The number of rotatable bonds is 5. The van der Waals surface area contributed by atoms with Crippen LogP contribution in [0.1, 0.15) is 40.5 Å². The number of piperidine rings is 1. The van der Waals surface area contributed by atoms with E-state index in [9.17, 15) is 4.79 Å². The normalized spacial score (nSPS) is 18.1. The topological polar surface area (TPSA) is 101 Å². The molecule has 1 N–H and O–H groups in total. The summed E-state index contributed by atoms with van der Waals surface area (Å²) in [6.45, 7) is 6.96. The Balaban J connectivity index is 1.34. The van der Waals surface area contributed by atoms with Crippen molar-refractivity contribution in [3.8, 4) is 0 Å². The van der Waals surface area contributed by atoms with Crippen LogP contribution in [0.2, 0.25) is 0 Å². The van der Waals surface area contributed by atoms with E-state index >= 15 is 0 Å². The van der Waals surface area contributed by atoms with Gasteiger partial charge < -0.3 is 9.84 Å². The SMILES string of the molecule is Cc1cnc2c(C(=O)NCC3CCCN(Cc4noc(C)n4)C3)cnn2c1. The molecule has 3 aromatic rings. The van der Waals surface area contributed by atoms with E-state index < -0.39 is 0 Å². The van der Waals surface area contributed by atoms with Crippen LogP contribution in [0.5, 0.6) is 0 Å². The lowest BCUT2D eigenvalue weighted by Gasteiger charge is -2.31. The molecular weight excluding hydrogens is 346 g/mol. The maximum atomic E-state index is 12.6. The van der Waals surface area contributed by atoms with Crippen LogP contribution < -0.4 is 5.32 Å². The van der Waals surface area contributed by atoms with Gasteiger partial charge in [0.25, 0.3) is 5.91 Å². The lowest BCUT2D eigenvalue weighted by molar-refractivity contribution is 0.0931. The average Bonchev–Trinajstić information content (AvgIpc) is 3.25. The molecule has 27 heavy (non-hydrogen) atoms. The number of likely N-dealkylation sites (tertiary alicyclic amines) is 1. The van der Waals surface area contributed by atoms with Gasteiger partial charge in [-0.1, -0.05) is 5.16 Å². The fourth-order valence-corrected chi connectivity index (χ4v) is 3.53. The minimum Gasteiger partial charge on any atom is -0.352 e. The third kappa shape index (κ3) is 3.97. The largest absolute Gasteiger partial charge is 0.352 e. The second kappa shape index (κ2) is 7.43. The van der Waals surface area contributed by atoms with E-state index in [4.69, 9.17) is 4.52 Å². The zero-order valence-corrected chi connectivity index (χ0v) is 15.6. The highest BCUT2D eigenvalue weighted by atomic mass is 16.5. The molecule has 0 spiro atoms. The van der Waals surface area contributed by atoms with Gasteiger partial charge in [0.2, 0.25) is 5.89 Å². The quantitative estimate of drug-likeness (QED) is 0.725. The summed E-state index contributed by atoms with van der Waals surface area (Å²) in [5, 5.41) is 11.2. The predicted octanol–water partition coefficient (Wildman–Crippen LogP) is 1.37. The summed E-state index contributed by atoms with van der Waals surface area (Å²) >= 11 is 0. The third-order valence-corrected chi connectivity index (χ3v) is 4.82. The number of aromatic nitrogens is 5. The van der Waals surface area contributed by atoms with Crippen molar-refractivity contribution >= 4 is 11.6 Å². The molecule has 9 heteroatoms. The molecule has 0 aromatic carbocycles. The van der Waals surface area contributed by atoms with E-state index in [1.165, 1.54) is 0 Å². The van der Waals surface area contributed by atoms with E-state index in [1.807, 2.05) is 13.1 Å². The molecule has 0 bridgehead atoms. The summed E-state index contributed by atoms with van der Waals surface area (Å²) in [5.74, 6) is 1.56. The van der Waals surface area contributed by atoms with Gasteiger partial charge in [0.1, 0.15) is 5.56 Å². The van der Waals surface area contributed by atoms with E-state index in [1.54, 1.807) is 23.8 Å². The van der Waals surface area contributed by atoms with Crippen LogP contribution in [0.4, 0.5) is 0 Å². The standard InChI is InChI=1S/C18H23N7O2/c1-12-6-19-17-15(8-21-25(17)9-12)18(26)20-7-14-4-3-5-24(10-14)11-16-22-13(2)27-23-16/h6,8-9,14H,3-5,7,10-11H2,1-2H3,(H,20,26). The van der Waals surface area contributed by atoms with Gasteiger partial charge in [0, 0.05) is 32.4 Å². The Kier molecular flexibility index (Phi) is 4.85. The van der Waals surface area contributed by atoms with E-state index in [2.05, 4.69) is 30.4 Å². The van der Waals surface area contributed by atoms with Gasteiger partial charge >= 0.3 is 0 Å². The van der Waals surface area contributed by atoms with Crippen molar-refractivity contribution < 1.29 is 9.32 Å². The second-order valence-corrected chi connectivity index (χ2v) is 7.14. The average molecular weight is 369 g/mol. The van der Waals surface area contributed by atoms with Gasteiger partial charge in [-0.3, -0.25) is 9.69 Å². The molecule has 4 rings (SSSR count). The first kappa shape index (κ1) is 17.6. The molecule has 1 amide bonds. The molecule has 9 nitrogen and oxygen atoms in total. The predicted molar refractivity (Wildman–Crippen MR) is 97.1 cm³/mol. The molecular formula is C18H23N7O2. The molecule has 142 valence electrons. The van der Waals surface area contributed by atoms with E-state index in [0.29, 0.717) is 41.9 Å². The van der Waals surface area contributed by atoms with Crippen molar-refractivity contribution in [1.29, 1.82) is 0 Å². The van der Waals surface area contributed by atoms with Gasteiger partial charge in [-0.15, -0.1) is 0 Å². The van der Waals surface area contributed by atoms with Crippen molar-refractivity contribution in [3.05, 3.63) is 41.4 Å². The minimum atomic E-state index is -0.132. The Labute approximate surface area is 156 Å². The second-order valence-electron chi connectivity index (χ2n) is 7.14. The smallest absolute Gasteiger partial charge is 0.256 e. The highest BCUT2D eigenvalue weighted by Gasteiger charge is 2.22. The van der Waals surface area contributed by atoms with Gasteiger partial charge in [-0.05, 0) is 37.8 Å². The van der Waals surface area contributed by atoms with E-state index in [-0.39, 0.29) is 5.91 Å². The summed E-state index contributed by atoms with van der Waals surface area (Å²) in [6.07, 6.45) is 7.36. The Morgan fingerprint density at radius 1 is 1.37 bits per heavy atom. The van der Waals surface area contributed by atoms with E-state index in [0.717, 1.165) is 31.5 Å². The molecule has 0 saturated carbocycles. The summed E-state index contributed by atoms with van der Waals surface area (Å²) in [5.41, 5.74) is 2.08. The van der Waals surface area contributed by atoms with Crippen LogP contribution >= 0.6 is 0 Å². The first-order valence-electron chi connectivity index (χ1n) is 9.18. The zero-order valence-electron chi connectivity index (χ0n) is 15.6. The number of carbonyl (C=O) groups is 1. The maximum absolute atomic E-state index is 12.6. The lowest BCUT2D eigenvalue weighted by atomic mass is 9.98. The number of aryl methyl sites for hydroxylation is 2. The van der Waals surface area contributed by atoms with Crippen LogP contribution in [0.3, 0.4) is 0 Å². The van der Waals surface area contributed by atoms with Gasteiger partial charge in [0.15, 0.2) is 11.5 Å². The van der Waals surface area contributed by atoms with Gasteiger partial charge in [0.05, 0.1) is 12.7 Å². The molecule has 1 unspecified atom stereocenters. The molecule has 4 heterocycles. The summed E-state index contributed by atoms with van der Waals surface area (Å²) < 4.78 is 6.68. The summed E-state index contributed by atoms with van der Waals surface area (Å²) in [7, 11) is 0. The van der Waals surface area contributed by atoms with Gasteiger partial charge in [-0.2, -0.15) is 10.1 Å². The Morgan fingerprint density at radius 2 is 2.26 bits per heavy atom. The highest BCUT2D eigenvalue weighted by Crippen LogP contribution is 2.18. The Hall–Kier alpha value is -2.81. The molecule has 1 aliphatic heterocycles. The molecule has 1 fully saturated rings. The number of hydrogen-bond acceptors (Lipinski definition) is 7. The number of nitrogens with zero attached hydrogens (tertiary/aromatic N) is 6. The monoisotopic (exact) mass is 369 g/mol. The first-order valence-corrected chi connectivity index (χ1v) is 9.18. The fraction of sp³-hybridized carbons (Fsp3) is 0.500. The third-order valence-electron chi connectivity index (χ3n) is 4.82. The molecule has 1 atom stereocenters. The zero-order chi connectivity index (χ0) is 18.8. The molecule has 0 radical (unpaired) electrons. The number of fused-ring (bicyclic) bond motifs is 1. The maximum Gasteiger partial charge on any atom is 0.256 e. The Bertz CT molecular complexity index is 948. The number of hydrogen-bond donors (Lipinski definition) is 1. The molecule has 1 saturated heterocycles. The molecule has 0 aliphatic carbocycles. The van der Waals surface area contributed by atoms with Crippen LogP contribution in [0, 0.1) is 19.8 Å². The number of amides is 1. The summed E-state index contributed by atoms with van der Waals surface area (Å²) in [6, 6.07) is 0. The fourth-order valence-electron chi connectivity index (χ4n) is 3.53. The highest BCUT2D eigenvalue weighted by molar-refractivity contribution is 5.99. The van der Waals surface area contributed by atoms with Crippen molar-refractivity contribution in [2.45, 2.75) is 33.2 Å². The lowest BCUT2D eigenvalue weighted by Crippen LogP contribution is -2.40. The number of carbonyl (C=O) groups excluding carboxylic acids is 1. The Morgan fingerprint density at radius 3 is 3.07 bits per heavy atom.